The van der Waals surface area contributed by atoms with Gasteiger partial charge in [0.15, 0.2) is 0 Å². The van der Waals surface area contributed by atoms with Gasteiger partial charge in [-0.05, 0) is 34.7 Å². The molecule has 86 valence electrons. The van der Waals surface area contributed by atoms with Gasteiger partial charge in [0.05, 0.1) is 5.56 Å². The molecule has 0 aliphatic heterocycles. The molecule has 18 heavy (non-hydrogen) atoms. The third-order valence-electron chi connectivity index (χ3n) is 2.74. The van der Waals surface area contributed by atoms with Crippen LogP contribution in [0.15, 0.2) is 48.7 Å². The molecular formula is C14H8IN3. The number of nitriles is 1. The second kappa shape index (κ2) is 4.42. The highest BCUT2D eigenvalue weighted by Gasteiger charge is 2.11. The maximum atomic E-state index is 8.93. The molecule has 3 aromatic rings. The Morgan fingerprint density at radius 1 is 1.11 bits per heavy atom. The average molecular weight is 345 g/mol. The first kappa shape index (κ1) is 11.2. The number of nitrogens with zero attached hydrogens (tertiary/aromatic N) is 3. The zero-order valence-corrected chi connectivity index (χ0v) is 11.5. The average Bonchev–Trinajstić information content (AvgIpc) is 2.77. The van der Waals surface area contributed by atoms with E-state index in [1.807, 2.05) is 47.0 Å². The topological polar surface area (TPSA) is 41.1 Å². The van der Waals surface area contributed by atoms with Crippen molar-refractivity contribution in [2.24, 2.45) is 0 Å². The molecule has 0 aliphatic rings. The van der Waals surface area contributed by atoms with E-state index in [-0.39, 0.29) is 0 Å². The van der Waals surface area contributed by atoms with Gasteiger partial charge < -0.3 is 0 Å². The van der Waals surface area contributed by atoms with E-state index in [1.165, 1.54) is 0 Å². The summed E-state index contributed by atoms with van der Waals surface area (Å²) in [5, 5.41) is 8.93. The van der Waals surface area contributed by atoms with Crippen molar-refractivity contribution < 1.29 is 0 Å². The van der Waals surface area contributed by atoms with E-state index in [4.69, 9.17) is 5.26 Å². The van der Waals surface area contributed by atoms with Crippen molar-refractivity contribution in [1.29, 1.82) is 5.26 Å². The molecule has 2 aromatic heterocycles. The number of fused-ring (bicyclic) bond motifs is 1. The molecule has 0 saturated carbocycles. The second-order valence-corrected chi connectivity index (χ2v) is 4.90. The number of halogens is 1. The summed E-state index contributed by atoms with van der Waals surface area (Å²) in [7, 11) is 0. The Bertz CT molecular complexity index is 754. The first-order valence-corrected chi connectivity index (χ1v) is 6.50. The van der Waals surface area contributed by atoms with Gasteiger partial charge >= 0.3 is 0 Å². The summed E-state index contributed by atoms with van der Waals surface area (Å²) >= 11 is 2.26. The zero-order chi connectivity index (χ0) is 12.5. The molecule has 0 saturated heterocycles. The van der Waals surface area contributed by atoms with Crippen molar-refractivity contribution in [3.63, 3.8) is 0 Å². The van der Waals surface area contributed by atoms with Gasteiger partial charge in [-0.1, -0.05) is 30.3 Å². The van der Waals surface area contributed by atoms with Gasteiger partial charge in [-0.25, -0.2) is 4.98 Å². The van der Waals surface area contributed by atoms with Gasteiger partial charge in [0.1, 0.15) is 21.1 Å². The van der Waals surface area contributed by atoms with Crippen LogP contribution in [-0.2, 0) is 0 Å². The summed E-state index contributed by atoms with van der Waals surface area (Å²) in [5.74, 6) is 0. The predicted octanol–water partition coefficient (Wildman–Crippen LogP) is 3.48. The molecule has 4 heteroatoms. The van der Waals surface area contributed by atoms with Crippen LogP contribution < -0.4 is 0 Å². The van der Waals surface area contributed by atoms with Crippen LogP contribution in [-0.4, -0.2) is 9.38 Å². The Balaban J connectivity index is 2.27. The summed E-state index contributed by atoms with van der Waals surface area (Å²) in [6.07, 6.45) is 1.82. The molecule has 0 bridgehead atoms. The van der Waals surface area contributed by atoms with Crippen LogP contribution in [0.2, 0.25) is 0 Å². The minimum absolute atomic E-state index is 0.637. The summed E-state index contributed by atoms with van der Waals surface area (Å²) in [4.78, 5) is 4.60. The quantitative estimate of drug-likeness (QED) is 0.634. The van der Waals surface area contributed by atoms with Gasteiger partial charge in [-0.3, -0.25) is 4.40 Å². The van der Waals surface area contributed by atoms with Crippen LogP contribution >= 0.6 is 22.6 Å². The molecular weight excluding hydrogens is 337 g/mol. The first-order valence-electron chi connectivity index (χ1n) is 5.43. The lowest BCUT2D eigenvalue weighted by molar-refractivity contribution is 1.14. The fraction of sp³-hybridized carbons (Fsp3) is 0. The largest absolute Gasteiger partial charge is 0.293 e. The number of hydrogen-bond acceptors (Lipinski definition) is 2. The normalized spacial score (nSPS) is 10.4. The highest BCUT2D eigenvalue weighted by atomic mass is 127. The molecule has 0 fully saturated rings. The number of aromatic nitrogens is 2. The summed E-state index contributed by atoms with van der Waals surface area (Å²) in [6, 6.07) is 15.8. The van der Waals surface area contributed by atoms with Crippen molar-refractivity contribution in [2.75, 3.05) is 0 Å². The second-order valence-electron chi connectivity index (χ2n) is 3.88. The van der Waals surface area contributed by atoms with E-state index in [0.29, 0.717) is 5.56 Å². The Labute approximate surface area is 118 Å². The number of imidazole rings is 1. The number of rotatable bonds is 1. The third-order valence-corrected chi connectivity index (χ3v) is 3.77. The van der Waals surface area contributed by atoms with E-state index in [2.05, 4.69) is 33.6 Å². The summed E-state index contributed by atoms with van der Waals surface area (Å²) in [5.41, 5.74) is 3.53. The molecule has 0 spiro atoms. The molecule has 0 atom stereocenters. The fourth-order valence-corrected chi connectivity index (χ4v) is 2.68. The summed E-state index contributed by atoms with van der Waals surface area (Å²) in [6.45, 7) is 0. The van der Waals surface area contributed by atoms with Gasteiger partial charge in [0, 0.05) is 11.8 Å². The lowest BCUT2D eigenvalue weighted by Crippen LogP contribution is -1.88. The summed E-state index contributed by atoms with van der Waals surface area (Å²) < 4.78 is 2.97. The van der Waals surface area contributed by atoms with E-state index in [1.54, 1.807) is 6.07 Å². The highest BCUT2D eigenvalue weighted by molar-refractivity contribution is 14.1. The van der Waals surface area contributed by atoms with Crippen molar-refractivity contribution in [1.82, 2.24) is 9.38 Å². The number of pyridine rings is 1. The third kappa shape index (κ3) is 1.77. The minimum Gasteiger partial charge on any atom is -0.293 e. The van der Waals surface area contributed by atoms with E-state index >= 15 is 0 Å². The lowest BCUT2D eigenvalue weighted by Gasteiger charge is -1.97. The molecule has 0 aliphatic carbocycles. The van der Waals surface area contributed by atoms with E-state index in [0.717, 1.165) is 20.6 Å². The molecule has 1 aromatic carbocycles. The molecule has 0 N–H and O–H groups in total. The first-order chi connectivity index (χ1) is 8.79. The zero-order valence-electron chi connectivity index (χ0n) is 9.34. The SMILES string of the molecule is N#Cc1ccc2nc(-c3ccccc3)c(I)n2c1. The number of hydrogen-bond donors (Lipinski definition) is 0. The van der Waals surface area contributed by atoms with Gasteiger partial charge in [0.25, 0.3) is 0 Å². The maximum Gasteiger partial charge on any atom is 0.138 e. The van der Waals surface area contributed by atoms with Crippen molar-refractivity contribution in [3.8, 4) is 17.3 Å². The molecule has 2 heterocycles. The van der Waals surface area contributed by atoms with Crippen molar-refractivity contribution >= 4 is 28.2 Å². The van der Waals surface area contributed by atoms with Gasteiger partial charge in [-0.2, -0.15) is 5.26 Å². The molecule has 3 rings (SSSR count). The minimum atomic E-state index is 0.637. The van der Waals surface area contributed by atoms with Crippen LogP contribution in [0.25, 0.3) is 16.9 Å². The Kier molecular flexibility index (Phi) is 2.76. The monoisotopic (exact) mass is 345 g/mol. The number of benzene rings is 1. The maximum absolute atomic E-state index is 8.93. The van der Waals surface area contributed by atoms with Crippen molar-refractivity contribution in [2.45, 2.75) is 0 Å². The highest BCUT2D eigenvalue weighted by Crippen LogP contribution is 2.25. The molecule has 3 nitrogen and oxygen atoms in total. The van der Waals surface area contributed by atoms with Crippen LogP contribution in [0.1, 0.15) is 5.56 Å². The Morgan fingerprint density at radius 2 is 1.89 bits per heavy atom. The van der Waals surface area contributed by atoms with E-state index < -0.39 is 0 Å². The van der Waals surface area contributed by atoms with Crippen LogP contribution in [0.3, 0.4) is 0 Å². The van der Waals surface area contributed by atoms with Gasteiger partial charge in [-0.15, -0.1) is 0 Å². The fourth-order valence-electron chi connectivity index (χ4n) is 1.86. The predicted molar refractivity (Wildman–Crippen MR) is 78.1 cm³/mol. The standard InChI is InChI=1S/C14H8IN3/c15-14-13(11-4-2-1-3-5-11)17-12-7-6-10(8-16)9-18(12)14/h1-7,9H. The van der Waals surface area contributed by atoms with Crippen LogP contribution in [0, 0.1) is 15.0 Å². The Morgan fingerprint density at radius 3 is 2.61 bits per heavy atom. The van der Waals surface area contributed by atoms with Crippen molar-refractivity contribution in [3.05, 3.63) is 57.9 Å². The molecule has 0 unspecified atom stereocenters. The van der Waals surface area contributed by atoms with Gasteiger partial charge in [0.2, 0.25) is 0 Å². The molecule has 0 amide bonds. The molecule has 0 radical (unpaired) electrons. The smallest absolute Gasteiger partial charge is 0.138 e. The van der Waals surface area contributed by atoms with Crippen LogP contribution in [0.4, 0.5) is 0 Å². The lowest BCUT2D eigenvalue weighted by atomic mass is 10.2. The Hall–Kier alpha value is -1.87. The van der Waals surface area contributed by atoms with E-state index in [9.17, 15) is 0 Å². The van der Waals surface area contributed by atoms with Crippen LogP contribution in [0.5, 0.6) is 0 Å².